The third kappa shape index (κ3) is 9.51. The first kappa shape index (κ1) is 24.6. The molecule has 29 heavy (non-hydrogen) atoms. The maximum Gasteiger partial charge on any atom is 0.408 e. The lowest BCUT2D eigenvalue weighted by Gasteiger charge is -2.23. The Morgan fingerprint density at radius 1 is 1.31 bits per heavy atom. The van der Waals surface area contributed by atoms with Crippen molar-refractivity contribution in [3.63, 3.8) is 0 Å². The van der Waals surface area contributed by atoms with Crippen LogP contribution in [0, 0.1) is 0 Å². The fourth-order valence-corrected chi connectivity index (χ4v) is 2.66. The van der Waals surface area contributed by atoms with Gasteiger partial charge in [0.1, 0.15) is 18.2 Å². The number of carbonyl (C=O) groups is 3. The molecule has 0 aliphatic carbocycles. The van der Waals surface area contributed by atoms with Crippen LogP contribution in [0.4, 0.5) is 4.79 Å². The molecular formula is C21H30N2O5S. The Kier molecular flexibility index (Phi) is 9.74. The maximum atomic E-state index is 12.5. The number of amides is 2. The topological polar surface area (TPSA) is 84.9 Å². The summed E-state index contributed by atoms with van der Waals surface area (Å²) in [5.41, 5.74) is -0.151. The van der Waals surface area contributed by atoms with E-state index in [1.165, 1.54) is 6.08 Å². The number of esters is 1. The first-order chi connectivity index (χ1) is 13.5. The van der Waals surface area contributed by atoms with Crippen LogP contribution in [0.5, 0.6) is 0 Å². The zero-order valence-corrected chi connectivity index (χ0v) is 18.3. The zero-order chi connectivity index (χ0) is 22.0. The number of thiol groups is 1. The van der Waals surface area contributed by atoms with Gasteiger partial charge in [-0.3, -0.25) is 4.79 Å². The van der Waals surface area contributed by atoms with Crippen molar-refractivity contribution in [1.82, 2.24) is 10.2 Å². The Balaban J connectivity index is 2.65. The molecule has 1 atom stereocenters. The molecule has 0 unspecified atom stereocenters. The van der Waals surface area contributed by atoms with Gasteiger partial charge in [-0.1, -0.05) is 18.7 Å². The number of hydrogen-bond donors (Lipinski definition) is 2. The molecule has 1 aromatic rings. The van der Waals surface area contributed by atoms with E-state index in [1.54, 1.807) is 57.0 Å². The van der Waals surface area contributed by atoms with Crippen LogP contribution in [-0.4, -0.2) is 54.7 Å². The molecule has 0 radical (unpaired) electrons. The SMILES string of the molecule is C=CCOC(=O)[C@H](CCCN(C)C(=O)c1cccc(S)c1)NC(=O)OC(C)(C)C. The zero-order valence-electron chi connectivity index (χ0n) is 17.4. The van der Waals surface area contributed by atoms with E-state index in [9.17, 15) is 14.4 Å². The van der Waals surface area contributed by atoms with Crippen LogP contribution < -0.4 is 5.32 Å². The van der Waals surface area contributed by atoms with E-state index < -0.39 is 23.7 Å². The summed E-state index contributed by atoms with van der Waals surface area (Å²) < 4.78 is 10.3. The van der Waals surface area contributed by atoms with Crippen molar-refractivity contribution in [2.45, 2.75) is 50.2 Å². The highest BCUT2D eigenvalue weighted by molar-refractivity contribution is 7.80. The van der Waals surface area contributed by atoms with Gasteiger partial charge in [-0.25, -0.2) is 9.59 Å². The molecule has 1 aromatic carbocycles. The Morgan fingerprint density at radius 3 is 2.59 bits per heavy atom. The van der Waals surface area contributed by atoms with Crippen LogP contribution >= 0.6 is 12.6 Å². The summed E-state index contributed by atoms with van der Waals surface area (Å²) in [6, 6.07) is 6.09. The Morgan fingerprint density at radius 2 is 2.00 bits per heavy atom. The minimum absolute atomic E-state index is 0.0454. The summed E-state index contributed by atoms with van der Waals surface area (Å²) in [7, 11) is 1.68. The van der Waals surface area contributed by atoms with E-state index in [1.807, 2.05) is 0 Å². The Labute approximate surface area is 177 Å². The largest absolute Gasteiger partial charge is 0.460 e. The quantitative estimate of drug-likeness (QED) is 0.362. The smallest absolute Gasteiger partial charge is 0.408 e. The number of rotatable bonds is 9. The number of benzene rings is 1. The van der Waals surface area contributed by atoms with Crippen molar-refractivity contribution in [2.75, 3.05) is 20.2 Å². The van der Waals surface area contributed by atoms with Crippen LogP contribution in [0.15, 0.2) is 41.8 Å². The van der Waals surface area contributed by atoms with Crippen LogP contribution in [0.25, 0.3) is 0 Å². The molecule has 0 aliphatic rings. The predicted molar refractivity (Wildman–Crippen MR) is 114 cm³/mol. The van der Waals surface area contributed by atoms with Gasteiger partial charge in [0, 0.05) is 24.1 Å². The van der Waals surface area contributed by atoms with Gasteiger partial charge in [0.15, 0.2) is 0 Å². The van der Waals surface area contributed by atoms with Crippen molar-refractivity contribution in [3.05, 3.63) is 42.5 Å². The summed E-state index contributed by atoms with van der Waals surface area (Å²) in [4.78, 5) is 39.0. The molecule has 0 heterocycles. The van der Waals surface area contributed by atoms with E-state index in [2.05, 4.69) is 24.5 Å². The molecule has 0 saturated heterocycles. The van der Waals surface area contributed by atoms with E-state index in [4.69, 9.17) is 9.47 Å². The van der Waals surface area contributed by atoms with E-state index >= 15 is 0 Å². The highest BCUT2D eigenvalue weighted by Crippen LogP contribution is 2.12. The molecule has 0 aliphatic heterocycles. The molecule has 7 nitrogen and oxygen atoms in total. The van der Waals surface area contributed by atoms with E-state index in [0.29, 0.717) is 29.8 Å². The highest BCUT2D eigenvalue weighted by atomic mass is 32.1. The van der Waals surface area contributed by atoms with Crippen molar-refractivity contribution >= 4 is 30.6 Å². The van der Waals surface area contributed by atoms with Crippen molar-refractivity contribution < 1.29 is 23.9 Å². The monoisotopic (exact) mass is 422 g/mol. The predicted octanol–water partition coefficient (Wildman–Crippen LogP) is 3.45. The van der Waals surface area contributed by atoms with Crippen molar-refractivity contribution in [3.8, 4) is 0 Å². The fraction of sp³-hybridized carbons (Fsp3) is 0.476. The van der Waals surface area contributed by atoms with Gasteiger partial charge < -0.3 is 19.7 Å². The lowest BCUT2D eigenvalue weighted by atomic mass is 10.1. The van der Waals surface area contributed by atoms with Crippen LogP contribution in [0.3, 0.4) is 0 Å². The number of carbonyl (C=O) groups excluding carboxylic acids is 3. The normalized spacial score (nSPS) is 11.9. The van der Waals surface area contributed by atoms with E-state index in [0.717, 1.165) is 0 Å². The lowest BCUT2D eigenvalue weighted by Crippen LogP contribution is -2.44. The van der Waals surface area contributed by atoms with Gasteiger partial charge in [0.25, 0.3) is 5.91 Å². The molecule has 0 saturated carbocycles. The third-order valence-electron chi connectivity index (χ3n) is 3.75. The molecule has 0 bridgehead atoms. The molecule has 1 N–H and O–H groups in total. The first-order valence-electron chi connectivity index (χ1n) is 9.35. The second-order valence-electron chi connectivity index (χ2n) is 7.54. The van der Waals surface area contributed by atoms with Crippen LogP contribution in [0.2, 0.25) is 0 Å². The van der Waals surface area contributed by atoms with Gasteiger partial charge >= 0.3 is 12.1 Å². The Bertz CT molecular complexity index is 730. The molecule has 2 amide bonds. The Hall–Kier alpha value is -2.48. The molecule has 0 aromatic heterocycles. The summed E-state index contributed by atoms with van der Waals surface area (Å²) in [6.07, 6.45) is 1.52. The van der Waals surface area contributed by atoms with E-state index in [-0.39, 0.29) is 12.5 Å². The van der Waals surface area contributed by atoms with Gasteiger partial charge in [-0.2, -0.15) is 0 Å². The molecule has 0 spiro atoms. The van der Waals surface area contributed by atoms with Crippen LogP contribution in [0.1, 0.15) is 44.0 Å². The first-order valence-corrected chi connectivity index (χ1v) is 9.79. The van der Waals surface area contributed by atoms with Crippen LogP contribution in [-0.2, 0) is 14.3 Å². The molecule has 160 valence electrons. The van der Waals surface area contributed by atoms with Crippen molar-refractivity contribution in [2.24, 2.45) is 0 Å². The maximum absolute atomic E-state index is 12.5. The third-order valence-corrected chi connectivity index (χ3v) is 4.02. The van der Waals surface area contributed by atoms with Gasteiger partial charge in [0.2, 0.25) is 0 Å². The standard InChI is InChI=1S/C21H30N2O5S/c1-6-13-27-19(25)17(22-20(26)28-21(2,3)4)11-8-12-23(5)18(24)15-9-7-10-16(29)14-15/h6-7,9-10,14,17,29H,1,8,11-13H2,2-5H3,(H,22,26)/t17-/m0/s1. The number of nitrogens with zero attached hydrogens (tertiary/aromatic N) is 1. The van der Waals surface area contributed by atoms with Gasteiger partial charge in [0.05, 0.1) is 0 Å². The fourth-order valence-electron chi connectivity index (χ4n) is 2.43. The minimum Gasteiger partial charge on any atom is -0.460 e. The summed E-state index contributed by atoms with van der Waals surface area (Å²) >= 11 is 4.24. The number of ether oxygens (including phenoxy) is 2. The number of nitrogens with one attached hydrogen (secondary N) is 1. The molecule has 8 heteroatoms. The average molecular weight is 423 g/mol. The molecule has 1 rings (SSSR count). The molecule has 0 fully saturated rings. The average Bonchev–Trinajstić information content (AvgIpc) is 2.63. The van der Waals surface area contributed by atoms with Gasteiger partial charge in [-0.15, -0.1) is 12.6 Å². The summed E-state index contributed by atoms with van der Waals surface area (Å²) in [6.45, 7) is 9.15. The molecular weight excluding hydrogens is 392 g/mol. The highest BCUT2D eigenvalue weighted by Gasteiger charge is 2.25. The van der Waals surface area contributed by atoms with Gasteiger partial charge in [-0.05, 0) is 51.8 Å². The number of alkyl carbamates (subject to hydrolysis) is 1. The minimum atomic E-state index is -0.880. The number of hydrogen-bond acceptors (Lipinski definition) is 6. The second-order valence-corrected chi connectivity index (χ2v) is 8.05. The lowest BCUT2D eigenvalue weighted by molar-refractivity contribution is -0.145. The summed E-state index contributed by atoms with van der Waals surface area (Å²) in [5.74, 6) is -0.723. The second kappa shape index (κ2) is 11.5. The van der Waals surface area contributed by atoms with Crippen molar-refractivity contribution in [1.29, 1.82) is 0 Å². The summed E-state index contributed by atoms with van der Waals surface area (Å²) in [5, 5.41) is 2.54.